The monoisotopic (exact) mass is 713 g/mol. The lowest BCUT2D eigenvalue weighted by molar-refractivity contribution is -0.264. The van der Waals surface area contributed by atoms with Gasteiger partial charge >= 0.3 is 11.6 Å². The van der Waals surface area contributed by atoms with Gasteiger partial charge in [-0.05, 0) is 110 Å². The molecule has 2 amide bonds. The number of allylic oxidation sites excluding steroid dienone is 1. The molecule has 0 radical (unpaired) electrons. The Balaban J connectivity index is 1.05. The number of ether oxygens (including phenoxy) is 3. The molecule has 0 spiro atoms. The molecule has 1 aromatic carbocycles. The number of benzene rings is 1. The highest BCUT2D eigenvalue weighted by molar-refractivity contribution is 6.21. The molecule has 1 aromatic heterocycles. The maximum absolute atomic E-state index is 13.8. The summed E-state index contributed by atoms with van der Waals surface area (Å²) in [5, 5.41) is 12.7. The predicted octanol–water partition coefficient (Wildman–Crippen LogP) is 6.41. The topological polar surface area (TPSA) is 133 Å². The number of rotatable bonds is 6. The van der Waals surface area contributed by atoms with Gasteiger partial charge < -0.3 is 23.7 Å². The van der Waals surface area contributed by atoms with Crippen molar-refractivity contribution >= 4 is 17.8 Å². The van der Waals surface area contributed by atoms with Gasteiger partial charge in [-0.2, -0.15) is 0 Å². The first kappa shape index (κ1) is 35.4. The van der Waals surface area contributed by atoms with Gasteiger partial charge in [-0.25, -0.2) is 4.79 Å². The van der Waals surface area contributed by atoms with Crippen molar-refractivity contribution in [3.63, 3.8) is 0 Å². The maximum Gasteiger partial charge on any atom is 0.335 e. The van der Waals surface area contributed by atoms with E-state index in [1.165, 1.54) is 23.5 Å². The van der Waals surface area contributed by atoms with Crippen LogP contribution in [0.1, 0.15) is 118 Å². The summed E-state index contributed by atoms with van der Waals surface area (Å²) in [5.74, 6) is -0.793. The average Bonchev–Trinajstić information content (AvgIpc) is 3.54. The Morgan fingerprint density at radius 3 is 2.33 bits per heavy atom. The number of nitrogens with zero attached hydrogens (tertiary/aromatic N) is 1. The minimum Gasteiger partial charge on any atom is -0.463 e. The molecule has 0 bridgehead atoms. The van der Waals surface area contributed by atoms with E-state index >= 15 is 0 Å². The third kappa shape index (κ3) is 5.29. The highest BCUT2D eigenvalue weighted by Crippen LogP contribution is 2.70. The highest BCUT2D eigenvalue weighted by Gasteiger charge is 2.67. The van der Waals surface area contributed by atoms with Crippen LogP contribution in [-0.4, -0.2) is 64.5 Å². The standard InChI is InChI=1S/C42H51NO9/c1-23-24(2)36(43-37(46)29-8-6-7-9-30(29)38(43)47)39(52-34(23)22-49-25(3)44)51-28-14-17-40(4)27(20-28)11-12-33-32(40)15-18-41(5)31(16-19-42(33,41)48)26-10-13-35(45)50-21-26/h6-10,13,20-21,23-24,28,31-34,36,39,48H,11-12,14-19,22H2,1-5H3/t23-,24+,28+,31-,32?,33?,34?,36?,39-,40+,41-,42+/m1/s1. The van der Waals surface area contributed by atoms with Crippen LogP contribution in [0.15, 0.2) is 63.5 Å². The minimum absolute atomic E-state index is 0.0594. The molecule has 10 heteroatoms. The van der Waals surface area contributed by atoms with Crippen LogP contribution >= 0.6 is 0 Å². The van der Waals surface area contributed by atoms with Crippen LogP contribution in [0.2, 0.25) is 0 Å². The SMILES string of the molecule is CC(=O)OCC1O[C@@H](O[C@@H]2C=C3CCC4C(CC[C@]5(C)[C@@H](c6ccc(=O)oc6)CC[C@]45O)[C@@]3(C)CC2)C(N2C(=O)c3ccccc3C2=O)[C@@H](C)[C@H]1C. The van der Waals surface area contributed by atoms with Gasteiger partial charge in [0, 0.05) is 18.4 Å². The van der Waals surface area contributed by atoms with E-state index in [4.69, 9.17) is 18.6 Å². The number of hydrogen-bond acceptors (Lipinski definition) is 9. The molecule has 10 nitrogen and oxygen atoms in total. The molecule has 6 aliphatic rings. The van der Waals surface area contributed by atoms with Crippen molar-refractivity contribution in [1.82, 2.24) is 4.90 Å². The third-order valence-corrected chi connectivity index (χ3v) is 14.8. The summed E-state index contributed by atoms with van der Waals surface area (Å²) in [5.41, 5.74) is 1.56. The number of carbonyl (C=O) groups is 3. The summed E-state index contributed by atoms with van der Waals surface area (Å²) in [4.78, 5) is 52.4. The molecular formula is C42H51NO9. The van der Waals surface area contributed by atoms with Gasteiger partial charge in [0.15, 0.2) is 6.29 Å². The second-order valence-electron chi connectivity index (χ2n) is 17.0. The normalized spacial score (nSPS) is 41.1. The lowest BCUT2D eigenvalue weighted by atomic mass is 9.45. The van der Waals surface area contributed by atoms with Crippen LogP contribution in [0.5, 0.6) is 0 Å². The molecular weight excluding hydrogens is 662 g/mol. The van der Waals surface area contributed by atoms with Crippen LogP contribution in [0.4, 0.5) is 0 Å². The maximum atomic E-state index is 13.8. The lowest BCUT2D eigenvalue weighted by Gasteiger charge is -2.62. The molecule has 1 saturated heterocycles. The summed E-state index contributed by atoms with van der Waals surface area (Å²) in [6, 6.07) is 9.59. The highest BCUT2D eigenvalue weighted by atomic mass is 16.7. The van der Waals surface area contributed by atoms with Gasteiger partial charge in [-0.15, -0.1) is 0 Å². The summed E-state index contributed by atoms with van der Waals surface area (Å²) < 4.78 is 24.1. The zero-order valence-electron chi connectivity index (χ0n) is 30.8. The molecule has 12 atom stereocenters. The van der Waals surface area contributed by atoms with E-state index in [0.717, 1.165) is 56.9 Å². The number of carbonyl (C=O) groups excluding carboxylic acids is 3. The molecule has 4 fully saturated rings. The molecule has 3 saturated carbocycles. The van der Waals surface area contributed by atoms with E-state index < -0.39 is 30.0 Å². The van der Waals surface area contributed by atoms with Gasteiger partial charge in [-0.3, -0.25) is 19.3 Å². The first-order chi connectivity index (χ1) is 24.8. The van der Waals surface area contributed by atoms with Crippen molar-refractivity contribution in [2.75, 3.05) is 6.61 Å². The smallest absolute Gasteiger partial charge is 0.335 e. The molecule has 1 N–H and O–H groups in total. The molecule has 2 aromatic rings. The van der Waals surface area contributed by atoms with Crippen molar-refractivity contribution in [3.8, 4) is 0 Å². The Hall–Kier alpha value is -3.60. The number of imide groups is 1. The Morgan fingerprint density at radius 1 is 0.923 bits per heavy atom. The lowest BCUT2D eigenvalue weighted by Crippen LogP contribution is -2.61. The summed E-state index contributed by atoms with van der Waals surface area (Å²) in [6.07, 6.45) is 9.05. The average molecular weight is 714 g/mol. The largest absolute Gasteiger partial charge is 0.463 e. The van der Waals surface area contributed by atoms with Crippen LogP contribution in [0.3, 0.4) is 0 Å². The van der Waals surface area contributed by atoms with Gasteiger partial charge in [0.1, 0.15) is 6.61 Å². The zero-order chi connectivity index (χ0) is 36.7. The Morgan fingerprint density at radius 2 is 1.65 bits per heavy atom. The van der Waals surface area contributed by atoms with Crippen LogP contribution in [-0.2, 0) is 19.0 Å². The molecule has 2 aliphatic heterocycles. The molecule has 3 heterocycles. The first-order valence-corrected chi connectivity index (χ1v) is 19.2. The number of esters is 1. The molecule has 4 unspecified atom stereocenters. The number of fused-ring (bicyclic) bond motifs is 6. The van der Waals surface area contributed by atoms with Crippen molar-refractivity contribution in [2.45, 2.75) is 122 Å². The van der Waals surface area contributed by atoms with Gasteiger partial charge in [0.25, 0.3) is 11.8 Å². The second-order valence-corrected chi connectivity index (χ2v) is 17.0. The van der Waals surface area contributed by atoms with Crippen molar-refractivity contribution in [1.29, 1.82) is 0 Å². The zero-order valence-corrected chi connectivity index (χ0v) is 30.8. The second kappa shape index (κ2) is 12.8. The van der Waals surface area contributed by atoms with Gasteiger partial charge in [0.2, 0.25) is 0 Å². The summed E-state index contributed by atoms with van der Waals surface area (Å²) >= 11 is 0. The fraction of sp³-hybridized carbons (Fsp3) is 0.619. The third-order valence-electron chi connectivity index (χ3n) is 14.8. The fourth-order valence-electron chi connectivity index (χ4n) is 11.7. The van der Waals surface area contributed by atoms with E-state index in [-0.39, 0.29) is 64.7 Å². The number of amides is 2. The summed E-state index contributed by atoms with van der Waals surface area (Å²) in [7, 11) is 0. The van der Waals surface area contributed by atoms with E-state index in [1.807, 2.05) is 19.9 Å². The van der Waals surface area contributed by atoms with E-state index in [0.29, 0.717) is 17.0 Å². The van der Waals surface area contributed by atoms with E-state index in [9.17, 15) is 24.3 Å². The number of hydrogen-bond donors (Lipinski definition) is 1. The Kier molecular flexibility index (Phi) is 8.70. The van der Waals surface area contributed by atoms with Crippen molar-refractivity contribution in [3.05, 3.63) is 81.4 Å². The molecule has 4 aliphatic carbocycles. The first-order valence-electron chi connectivity index (χ1n) is 19.2. The summed E-state index contributed by atoms with van der Waals surface area (Å²) in [6.45, 7) is 10.1. The molecule has 52 heavy (non-hydrogen) atoms. The minimum atomic E-state index is -0.912. The van der Waals surface area contributed by atoms with Crippen LogP contribution < -0.4 is 5.63 Å². The molecule has 8 rings (SSSR count). The Bertz CT molecular complexity index is 1810. The van der Waals surface area contributed by atoms with Crippen molar-refractivity contribution < 1.29 is 38.1 Å². The van der Waals surface area contributed by atoms with Gasteiger partial charge in [0.05, 0.1) is 41.2 Å². The van der Waals surface area contributed by atoms with Crippen molar-refractivity contribution in [2.24, 2.45) is 34.5 Å². The van der Waals surface area contributed by atoms with Crippen LogP contribution in [0.25, 0.3) is 0 Å². The van der Waals surface area contributed by atoms with Gasteiger partial charge in [-0.1, -0.05) is 51.5 Å². The van der Waals surface area contributed by atoms with E-state index in [2.05, 4.69) is 19.9 Å². The fourth-order valence-corrected chi connectivity index (χ4v) is 11.7. The quantitative estimate of drug-likeness (QED) is 0.205. The predicted molar refractivity (Wildman–Crippen MR) is 190 cm³/mol. The van der Waals surface area contributed by atoms with Crippen LogP contribution in [0, 0.1) is 34.5 Å². The molecule has 278 valence electrons. The Labute approximate surface area is 304 Å². The van der Waals surface area contributed by atoms with E-state index in [1.54, 1.807) is 30.5 Å². The number of aliphatic hydroxyl groups is 1.